The van der Waals surface area contributed by atoms with Gasteiger partial charge in [0.05, 0.1) is 12.6 Å². The third-order valence-corrected chi connectivity index (χ3v) is 5.69. The Bertz CT molecular complexity index is 277. The number of hydrogen-bond acceptors (Lipinski definition) is 3. The first-order valence-corrected chi connectivity index (χ1v) is 7.39. The second kappa shape index (κ2) is 4.22. The van der Waals surface area contributed by atoms with Crippen molar-refractivity contribution >= 4 is 17.7 Å². The molecule has 2 saturated heterocycles. The van der Waals surface area contributed by atoms with Crippen molar-refractivity contribution in [3.05, 3.63) is 0 Å². The highest BCUT2D eigenvalue weighted by molar-refractivity contribution is 8.00. The minimum Gasteiger partial charge on any atom is -0.379 e. The molecule has 16 heavy (non-hydrogen) atoms. The van der Waals surface area contributed by atoms with Gasteiger partial charge in [-0.2, -0.15) is 11.8 Å². The predicted molar refractivity (Wildman–Crippen MR) is 64.5 cm³/mol. The molecule has 0 radical (unpaired) electrons. The summed E-state index contributed by atoms with van der Waals surface area (Å²) < 4.78 is 5.37. The topological polar surface area (TPSA) is 38.3 Å². The smallest absolute Gasteiger partial charge is 0.223 e. The Hall–Kier alpha value is -0.220. The van der Waals surface area contributed by atoms with E-state index in [2.05, 4.69) is 5.32 Å². The van der Waals surface area contributed by atoms with E-state index >= 15 is 0 Å². The second-order valence-electron chi connectivity index (χ2n) is 5.52. The Kier molecular flexibility index (Phi) is 2.88. The summed E-state index contributed by atoms with van der Waals surface area (Å²) in [7, 11) is 0. The monoisotopic (exact) mass is 241 g/mol. The zero-order valence-electron chi connectivity index (χ0n) is 9.54. The molecule has 1 amide bonds. The third kappa shape index (κ3) is 1.97. The second-order valence-corrected chi connectivity index (χ2v) is 6.51. The average molecular weight is 241 g/mol. The normalized spacial score (nSPS) is 32.9. The van der Waals surface area contributed by atoms with Crippen LogP contribution in [0.4, 0.5) is 0 Å². The SMILES string of the molecule is O=C(NC1CCCOC1)C1CC2(CSC2)C1. The molecule has 2 aliphatic heterocycles. The van der Waals surface area contributed by atoms with Crippen LogP contribution in [0.25, 0.3) is 0 Å². The standard InChI is InChI=1S/C12H19NO2S/c14-11(13-10-2-1-3-15-6-10)9-4-12(5-9)7-16-8-12/h9-10H,1-8H2,(H,13,14). The number of amides is 1. The maximum Gasteiger partial charge on any atom is 0.223 e. The van der Waals surface area contributed by atoms with E-state index in [0.717, 1.165) is 32.3 Å². The van der Waals surface area contributed by atoms with Crippen LogP contribution in [0.3, 0.4) is 0 Å². The predicted octanol–water partition coefficient (Wildman–Crippen LogP) is 1.42. The first kappa shape index (κ1) is 10.9. The van der Waals surface area contributed by atoms with Crippen molar-refractivity contribution in [2.24, 2.45) is 11.3 Å². The Labute approximate surface area is 101 Å². The van der Waals surface area contributed by atoms with Gasteiger partial charge >= 0.3 is 0 Å². The maximum absolute atomic E-state index is 11.9. The van der Waals surface area contributed by atoms with Crippen molar-refractivity contribution in [1.29, 1.82) is 0 Å². The molecule has 1 saturated carbocycles. The Morgan fingerprint density at radius 1 is 1.38 bits per heavy atom. The van der Waals surface area contributed by atoms with Gasteiger partial charge in [0, 0.05) is 12.5 Å². The summed E-state index contributed by atoms with van der Waals surface area (Å²) in [5.41, 5.74) is 0.565. The van der Waals surface area contributed by atoms with E-state index in [9.17, 15) is 4.79 Å². The van der Waals surface area contributed by atoms with E-state index in [4.69, 9.17) is 4.74 Å². The van der Waals surface area contributed by atoms with Gasteiger partial charge in [-0.15, -0.1) is 0 Å². The maximum atomic E-state index is 11.9. The Balaban J connectivity index is 1.43. The lowest BCUT2D eigenvalue weighted by Gasteiger charge is -2.53. The molecule has 0 aromatic heterocycles. The molecule has 90 valence electrons. The van der Waals surface area contributed by atoms with Crippen molar-refractivity contribution in [1.82, 2.24) is 5.32 Å². The summed E-state index contributed by atoms with van der Waals surface area (Å²) >= 11 is 2.02. The van der Waals surface area contributed by atoms with Gasteiger partial charge in [-0.1, -0.05) is 0 Å². The van der Waals surface area contributed by atoms with Gasteiger partial charge in [0.2, 0.25) is 5.91 Å². The fraction of sp³-hybridized carbons (Fsp3) is 0.917. The van der Waals surface area contributed by atoms with Crippen molar-refractivity contribution in [3.8, 4) is 0 Å². The minimum absolute atomic E-state index is 0.272. The van der Waals surface area contributed by atoms with Crippen molar-refractivity contribution < 1.29 is 9.53 Å². The van der Waals surface area contributed by atoms with Crippen LogP contribution < -0.4 is 5.32 Å². The van der Waals surface area contributed by atoms with Crippen LogP contribution in [0.2, 0.25) is 0 Å². The summed E-state index contributed by atoms with van der Waals surface area (Å²) in [5.74, 6) is 3.13. The lowest BCUT2D eigenvalue weighted by molar-refractivity contribution is -0.133. The van der Waals surface area contributed by atoms with Gasteiger partial charge in [-0.3, -0.25) is 4.79 Å². The van der Waals surface area contributed by atoms with Crippen LogP contribution in [-0.4, -0.2) is 36.7 Å². The summed E-state index contributed by atoms with van der Waals surface area (Å²) in [6.45, 7) is 1.57. The summed E-state index contributed by atoms with van der Waals surface area (Å²) in [5, 5.41) is 3.14. The van der Waals surface area contributed by atoms with Gasteiger partial charge < -0.3 is 10.1 Å². The lowest BCUT2D eigenvalue weighted by atomic mass is 9.63. The summed E-state index contributed by atoms with van der Waals surface area (Å²) in [6, 6.07) is 0.272. The molecule has 3 fully saturated rings. The van der Waals surface area contributed by atoms with Crippen molar-refractivity contribution in [2.75, 3.05) is 24.7 Å². The number of hydrogen-bond donors (Lipinski definition) is 1. The zero-order valence-corrected chi connectivity index (χ0v) is 10.4. The zero-order chi connectivity index (χ0) is 11.0. The number of ether oxygens (including phenoxy) is 1. The number of nitrogens with one attached hydrogen (secondary N) is 1. The molecule has 3 aliphatic rings. The molecular weight excluding hydrogens is 222 g/mol. The molecule has 0 bridgehead atoms. The number of thioether (sulfide) groups is 1. The molecule has 1 atom stereocenters. The van der Waals surface area contributed by atoms with Crippen LogP contribution >= 0.6 is 11.8 Å². The fourth-order valence-electron chi connectivity index (χ4n) is 2.97. The van der Waals surface area contributed by atoms with Gasteiger partial charge in [0.25, 0.3) is 0 Å². The fourth-order valence-corrected chi connectivity index (χ4v) is 4.22. The Morgan fingerprint density at radius 2 is 2.19 bits per heavy atom. The van der Waals surface area contributed by atoms with Crippen LogP contribution in [0.1, 0.15) is 25.7 Å². The third-order valence-electron chi connectivity index (χ3n) is 4.05. The highest BCUT2D eigenvalue weighted by atomic mass is 32.2. The van der Waals surface area contributed by atoms with E-state index in [1.807, 2.05) is 11.8 Å². The van der Waals surface area contributed by atoms with Gasteiger partial charge in [-0.25, -0.2) is 0 Å². The van der Waals surface area contributed by atoms with Crippen LogP contribution in [0.15, 0.2) is 0 Å². The molecule has 4 heteroatoms. The van der Waals surface area contributed by atoms with Gasteiger partial charge in [0.1, 0.15) is 0 Å². The van der Waals surface area contributed by atoms with E-state index in [1.54, 1.807) is 0 Å². The minimum atomic E-state index is 0.272. The highest BCUT2D eigenvalue weighted by Gasteiger charge is 2.51. The Morgan fingerprint density at radius 3 is 2.75 bits per heavy atom. The molecule has 0 aromatic rings. The molecular formula is C12H19NO2S. The largest absolute Gasteiger partial charge is 0.379 e. The molecule has 3 nitrogen and oxygen atoms in total. The summed E-state index contributed by atoms with van der Waals surface area (Å²) in [4.78, 5) is 11.9. The molecule has 1 unspecified atom stereocenters. The molecule has 2 heterocycles. The number of rotatable bonds is 2. The quantitative estimate of drug-likeness (QED) is 0.794. The summed E-state index contributed by atoms with van der Waals surface area (Å²) in [6.07, 6.45) is 4.41. The van der Waals surface area contributed by atoms with E-state index in [0.29, 0.717) is 17.9 Å². The van der Waals surface area contributed by atoms with Crippen molar-refractivity contribution in [3.63, 3.8) is 0 Å². The van der Waals surface area contributed by atoms with Crippen LogP contribution in [0.5, 0.6) is 0 Å². The molecule has 1 N–H and O–H groups in total. The van der Waals surface area contributed by atoms with Crippen molar-refractivity contribution in [2.45, 2.75) is 31.7 Å². The van der Waals surface area contributed by atoms with Crippen LogP contribution in [-0.2, 0) is 9.53 Å². The first-order chi connectivity index (χ1) is 7.77. The van der Waals surface area contributed by atoms with E-state index in [1.165, 1.54) is 11.5 Å². The van der Waals surface area contributed by atoms with Gasteiger partial charge in [0.15, 0.2) is 0 Å². The molecule has 1 aliphatic carbocycles. The van der Waals surface area contributed by atoms with E-state index in [-0.39, 0.29) is 11.9 Å². The first-order valence-electron chi connectivity index (χ1n) is 6.23. The highest BCUT2D eigenvalue weighted by Crippen LogP contribution is 2.55. The molecule has 1 spiro atoms. The number of carbonyl (C=O) groups excluding carboxylic acids is 1. The van der Waals surface area contributed by atoms with Crippen LogP contribution in [0, 0.1) is 11.3 Å². The molecule has 3 rings (SSSR count). The van der Waals surface area contributed by atoms with E-state index < -0.39 is 0 Å². The lowest BCUT2D eigenvalue weighted by Crippen LogP contribution is -2.54. The molecule has 0 aromatic carbocycles. The average Bonchev–Trinajstić information content (AvgIpc) is 2.14. The number of carbonyl (C=O) groups is 1. The van der Waals surface area contributed by atoms with Gasteiger partial charge in [-0.05, 0) is 42.6 Å².